The lowest BCUT2D eigenvalue weighted by atomic mass is 10.00. The normalized spacial score (nSPS) is 23.4. The minimum Gasteiger partial charge on any atom is -0.476 e. The lowest BCUT2D eigenvalue weighted by Crippen LogP contribution is -2.26. The molecule has 1 atom stereocenters. The molecule has 0 spiro atoms. The minimum absolute atomic E-state index is 0.00310. The smallest absolute Gasteiger partial charge is 0.358 e. The van der Waals surface area contributed by atoms with E-state index in [0.29, 0.717) is 18.6 Å². The zero-order valence-electron chi connectivity index (χ0n) is 9.13. The Morgan fingerprint density at radius 3 is 2.94 bits per heavy atom. The fourth-order valence-corrected chi connectivity index (χ4v) is 3.85. The highest BCUT2D eigenvalue weighted by Gasteiger charge is 2.26. The van der Waals surface area contributed by atoms with E-state index in [1.807, 2.05) is 0 Å². The molecule has 1 aromatic heterocycles. The molecule has 0 amide bonds. The molecule has 2 heterocycles. The van der Waals surface area contributed by atoms with Crippen LogP contribution in [-0.2, 0) is 16.3 Å². The third-order valence-corrected chi connectivity index (χ3v) is 4.72. The number of carbonyl (C=O) groups is 1. The highest BCUT2D eigenvalue weighted by Crippen LogP contribution is 2.22. The largest absolute Gasteiger partial charge is 0.476 e. The van der Waals surface area contributed by atoms with Gasteiger partial charge in [0.2, 0.25) is 0 Å². The van der Waals surface area contributed by atoms with Crippen molar-refractivity contribution < 1.29 is 22.8 Å². The summed E-state index contributed by atoms with van der Waals surface area (Å²) in [6, 6.07) is 1.35. The van der Waals surface area contributed by atoms with Crippen LogP contribution in [0.1, 0.15) is 29.1 Å². The van der Waals surface area contributed by atoms with Crippen molar-refractivity contribution in [3.8, 4) is 0 Å². The number of hydrogen-bond acceptors (Lipinski definition) is 5. The SMILES string of the molecule is O=C(O)c1cc(CC2CCCS(=O)(=O)C2)on1. The highest BCUT2D eigenvalue weighted by atomic mass is 32.2. The predicted octanol–water partition coefficient (Wildman–Crippen LogP) is 0.740. The maximum Gasteiger partial charge on any atom is 0.358 e. The molecular weight excluding hydrogens is 246 g/mol. The maximum absolute atomic E-state index is 11.4. The van der Waals surface area contributed by atoms with Gasteiger partial charge < -0.3 is 9.63 Å². The molecule has 1 N–H and O–H groups in total. The molecule has 1 fully saturated rings. The molecule has 0 radical (unpaired) electrons. The Bertz CT molecular complexity index is 519. The van der Waals surface area contributed by atoms with Gasteiger partial charge in [0, 0.05) is 12.5 Å². The van der Waals surface area contributed by atoms with E-state index in [1.165, 1.54) is 6.07 Å². The van der Waals surface area contributed by atoms with Crippen LogP contribution in [0.15, 0.2) is 10.6 Å². The van der Waals surface area contributed by atoms with Gasteiger partial charge in [0.15, 0.2) is 15.5 Å². The van der Waals surface area contributed by atoms with Gasteiger partial charge >= 0.3 is 5.97 Å². The Balaban J connectivity index is 2.03. The summed E-state index contributed by atoms with van der Waals surface area (Å²) in [6.07, 6.45) is 1.91. The summed E-state index contributed by atoms with van der Waals surface area (Å²) in [4.78, 5) is 10.6. The van der Waals surface area contributed by atoms with Gasteiger partial charge in [0.1, 0.15) is 5.76 Å². The van der Waals surface area contributed by atoms with Crippen LogP contribution in [0.25, 0.3) is 0 Å². The van der Waals surface area contributed by atoms with Gasteiger partial charge in [0.05, 0.1) is 11.5 Å². The van der Waals surface area contributed by atoms with Crippen LogP contribution in [0.2, 0.25) is 0 Å². The van der Waals surface area contributed by atoms with Gasteiger partial charge in [-0.1, -0.05) is 5.16 Å². The molecule has 1 unspecified atom stereocenters. The van der Waals surface area contributed by atoms with Gasteiger partial charge in [-0.3, -0.25) is 0 Å². The predicted molar refractivity (Wildman–Crippen MR) is 58.5 cm³/mol. The van der Waals surface area contributed by atoms with Crippen molar-refractivity contribution in [3.05, 3.63) is 17.5 Å². The number of aromatic nitrogens is 1. The summed E-state index contributed by atoms with van der Waals surface area (Å²) >= 11 is 0. The van der Waals surface area contributed by atoms with Gasteiger partial charge in [-0.25, -0.2) is 13.2 Å². The average Bonchev–Trinajstić information content (AvgIpc) is 2.64. The number of carboxylic acid groups (broad SMARTS) is 1. The molecule has 1 aliphatic rings. The van der Waals surface area contributed by atoms with Crippen LogP contribution in [0, 0.1) is 5.92 Å². The van der Waals surface area contributed by atoms with E-state index in [1.54, 1.807) is 0 Å². The summed E-state index contributed by atoms with van der Waals surface area (Å²) < 4.78 is 27.7. The first-order chi connectivity index (χ1) is 7.96. The van der Waals surface area contributed by atoms with Crippen molar-refractivity contribution in [1.82, 2.24) is 5.16 Å². The number of rotatable bonds is 3. The lowest BCUT2D eigenvalue weighted by Gasteiger charge is -2.20. The first kappa shape index (κ1) is 12.1. The molecule has 1 saturated heterocycles. The number of nitrogens with zero attached hydrogens (tertiary/aromatic N) is 1. The Kier molecular flexibility index (Phi) is 3.19. The van der Waals surface area contributed by atoms with Crippen LogP contribution in [0.3, 0.4) is 0 Å². The third kappa shape index (κ3) is 3.06. The average molecular weight is 259 g/mol. The number of sulfone groups is 1. The molecule has 0 saturated carbocycles. The Labute approximate surface area is 98.5 Å². The summed E-state index contributed by atoms with van der Waals surface area (Å²) in [7, 11) is -2.94. The molecule has 94 valence electrons. The molecule has 0 aromatic carbocycles. The second kappa shape index (κ2) is 4.48. The van der Waals surface area contributed by atoms with Crippen molar-refractivity contribution >= 4 is 15.8 Å². The Morgan fingerprint density at radius 1 is 1.59 bits per heavy atom. The summed E-state index contributed by atoms with van der Waals surface area (Å²) in [5.74, 6) is -0.305. The van der Waals surface area contributed by atoms with Gasteiger partial charge in [-0.2, -0.15) is 0 Å². The van der Waals surface area contributed by atoms with Crippen LogP contribution in [0.4, 0.5) is 0 Å². The molecule has 1 aromatic rings. The van der Waals surface area contributed by atoms with Crippen molar-refractivity contribution in [2.24, 2.45) is 5.92 Å². The van der Waals surface area contributed by atoms with E-state index in [0.717, 1.165) is 6.42 Å². The van der Waals surface area contributed by atoms with Crippen molar-refractivity contribution in [2.45, 2.75) is 19.3 Å². The molecular formula is C10H13NO5S. The number of hydrogen-bond donors (Lipinski definition) is 1. The van der Waals surface area contributed by atoms with Crippen LogP contribution in [0.5, 0.6) is 0 Å². The van der Waals surface area contributed by atoms with Crippen LogP contribution >= 0.6 is 0 Å². The quantitative estimate of drug-likeness (QED) is 0.859. The van der Waals surface area contributed by atoms with E-state index in [9.17, 15) is 13.2 Å². The lowest BCUT2D eigenvalue weighted by molar-refractivity contribution is 0.0685. The highest BCUT2D eigenvalue weighted by molar-refractivity contribution is 7.91. The Morgan fingerprint density at radius 2 is 2.35 bits per heavy atom. The first-order valence-electron chi connectivity index (χ1n) is 5.35. The van der Waals surface area contributed by atoms with Crippen molar-refractivity contribution in [2.75, 3.05) is 11.5 Å². The summed E-state index contributed by atoms with van der Waals surface area (Å²) in [5, 5.41) is 12.1. The van der Waals surface area contributed by atoms with E-state index >= 15 is 0 Å². The van der Waals surface area contributed by atoms with Gasteiger partial charge in [0.25, 0.3) is 0 Å². The summed E-state index contributed by atoms with van der Waals surface area (Å²) in [6.45, 7) is 0. The monoisotopic (exact) mass is 259 g/mol. The standard InChI is InChI=1S/C10H13NO5S/c12-10(13)9-5-8(16-11-9)4-7-2-1-3-17(14,15)6-7/h5,7H,1-4,6H2,(H,12,13). The van der Waals surface area contributed by atoms with Crippen LogP contribution < -0.4 is 0 Å². The number of aromatic carboxylic acids is 1. The van der Waals surface area contributed by atoms with E-state index in [2.05, 4.69) is 5.16 Å². The second-order valence-corrected chi connectivity index (χ2v) is 6.54. The molecule has 6 nitrogen and oxygen atoms in total. The van der Waals surface area contributed by atoms with Crippen molar-refractivity contribution in [1.29, 1.82) is 0 Å². The van der Waals surface area contributed by atoms with Crippen molar-refractivity contribution in [3.63, 3.8) is 0 Å². The molecule has 2 rings (SSSR count). The number of carboxylic acids is 1. The fraction of sp³-hybridized carbons (Fsp3) is 0.600. The van der Waals surface area contributed by atoms with Crippen LogP contribution in [-0.4, -0.2) is 36.2 Å². The topological polar surface area (TPSA) is 97.5 Å². The zero-order chi connectivity index (χ0) is 12.5. The van der Waals surface area contributed by atoms with E-state index < -0.39 is 15.8 Å². The molecule has 1 aliphatic heterocycles. The molecule has 17 heavy (non-hydrogen) atoms. The molecule has 0 aliphatic carbocycles. The van der Waals surface area contributed by atoms with E-state index in [4.69, 9.17) is 9.63 Å². The molecule has 0 bridgehead atoms. The fourth-order valence-electron chi connectivity index (χ4n) is 2.07. The summed E-state index contributed by atoms with van der Waals surface area (Å²) in [5.41, 5.74) is -0.140. The minimum atomic E-state index is -2.94. The third-order valence-electron chi connectivity index (χ3n) is 2.83. The maximum atomic E-state index is 11.4. The molecule has 7 heteroatoms. The zero-order valence-corrected chi connectivity index (χ0v) is 9.94. The first-order valence-corrected chi connectivity index (χ1v) is 7.18. The second-order valence-electron chi connectivity index (χ2n) is 4.31. The van der Waals surface area contributed by atoms with Gasteiger partial charge in [-0.05, 0) is 18.8 Å². The van der Waals surface area contributed by atoms with E-state index in [-0.39, 0.29) is 23.1 Å². The van der Waals surface area contributed by atoms with Gasteiger partial charge in [-0.15, -0.1) is 0 Å². The Hall–Kier alpha value is -1.37.